The lowest BCUT2D eigenvalue weighted by molar-refractivity contribution is -0.132. The minimum absolute atomic E-state index is 0.394. The summed E-state index contributed by atoms with van der Waals surface area (Å²) in [7, 11) is 0. The van der Waals surface area contributed by atoms with E-state index in [1.54, 1.807) is 24.3 Å². The van der Waals surface area contributed by atoms with Gasteiger partial charge in [-0.2, -0.15) is 0 Å². The summed E-state index contributed by atoms with van der Waals surface area (Å²) in [5.41, 5.74) is 4.51. The van der Waals surface area contributed by atoms with E-state index < -0.39 is 17.9 Å². The van der Waals surface area contributed by atoms with Gasteiger partial charge in [0.2, 0.25) is 0 Å². The minimum Gasteiger partial charge on any atom is -0.427 e. The zero-order chi connectivity index (χ0) is 24.7. The summed E-state index contributed by atoms with van der Waals surface area (Å²) in [5.74, 6) is 0.137. The van der Waals surface area contributed by atoms with E-state index in [1.165, 1.54) is 20.8 Å². The first-order chi connectivity index (χ1) is 16.3. The molecule has 0 bridgehead atoms. The van der Waals surface area contributed by atoms with Gasteiger partial charge < -0.3 is 14.2 Å². The van der Waals surface area contributed by atoms with Crippen LogP contribution in [0.5, 0.6) is 17.2 Å². The summed E-state index contributed by atoms with van der Waals surface area (Å²) in [6, 6.07) is 21.8. The molecule has 0 N–H and O–H groups in total. The third kappa shape index (κ3) is 6.42. The normalized spacial score (nSPS) is 11.3. The van der Waals surface area contributed by atoms with E-state index in [0.29, 0.717) is 23.7 Å². The molecule has 3 rings (SSSR count). The molecule has 0 aliphatic heterocycles. The lowest BCUT2D eigenvalue weighted by Gasteiger charge is -2.18. The highest BCUT2D eigenvalue weighted by atomic mass is 16.5. The average Bonchev–Trinajstić information content (AvgIpc) is 2.77. The third-order valence-electron chi connectivity index (χ3n) is 4.89. The Hall–Kier alpha value is -4.19. The van der Waals surface area contributed by atoms with Gasteiger partial charge in [0.25, 0.3) is 0 Å². The predicted octanol–water partition coefficient (Wildman–Crippen LogP) is 5.83. The molecule has 0 spiro atoms. The summed E-state index contributed by atoms with van der Waals surface area (Å²) in [4.78, 5) is 34.3. The van der Waals surface area contributed by atoms with E-state index in [9.17, 15) is 14.4 Å². The van der Waals surface area contributed by atoms with Crippen LogP contribution in [0, 0.1) is 0 Å². The van der Waals surface area contributed by atoms with Crippen LogP contribution in [0.1, 0.15) is 50.8 Å². The van der Waals surface area contributed by atoms with Crippen molar-refractivity contribution in [2.75, 3.05) is 0 Å². The molecule has 0 fully saturated rings. The predicted molar refractivity (Wildman–Crippen MR) is 129 cm³/mol. The number of rotatable bonds is 7. The van der Waals surface area contributed by atoms with Crippen molar-refractivity contribution in [2.45, 2.75) is 34.1 Å². The Bertz CT molecular complexity index is 1240. The number of carbonyl (C=O) groups excluding carboxylic acids is 3. The van der Waals surface area contributed by atoms with E-state index in [4.69, 9.17) is 14.2 Å². The van der Waals surface area contributed by atoms with Gasteiger partial charge in [0, 0.05) is 20.8 Å². The molecular weight excluding hydrogens is 432 g/mol. The van der Waals surface area contributed by atoms with Crippen LogP contribution < -0.4 is 14.2 Å². The number of carbonyl (C=O) groups is 3. The van der Waals surface area contributed by atoms with Gasteiger partial charge in [-0.1, -0.05) is 43.3 Å². The maximum absolute atomic E-state index is 11.5. The molecule has 34 heavy (non-hydrogen) atoms. The van der Waals surface area contributed by atoms with Gasteiger partial charge in [0.15, 0.2) is 0 Å². The maximum atomic E-state index is 11.5. The number of esters is 3. The molecule has 0 amide bonds. The molecule has 174 valence electrons. The number of hydrogen-bond donors (Lipinski definition) is 0. The van der Waals surface area contributed by atoms with Gasteiger partial charge in [0.1, 0.15) is 17.2 Å². The van der Waals surface area contributed by atoms with Crippen LogP contribution in [0.15, 0.2) is 72.8 Å². The molecule has 0 atom stereocenters. The molecule has 0 heterocycles. The van der Waals surface area contributed by atoms with Crippen molar-refractivity contribution >= 4 is 29.1 Å². The van der Waals surface area contributed by atoms with Crippen LogP contribution in [0.2, 0.25) is 0 Å². The van der Waals surface area contributed by atoms with Gasteiger partial charge in [-0.15, -0.1) is 0 Å². The summed E-state index contributed by atoms with van der Waals surface area (Å²) in [6.07, 6.45) is 0.669. The van der Waals surface area contributed by atoms with Crippen LogP contribution in [-0.2, 0) is 14.4 Å². The minimum atomic E-state index is -0.404. The fourth-order valence-corrected chi connectivity index (χ4v) is 3.69. The molecule has 0 saturated heterocycles. The molecule has 0 aromatic heterocycles. The topological polar surface area (TPSA) is 78.9 Å². The zero-order valence-corrected chi connectivity index (χ0v) is 19.6. The SMILES string of the molecule is CC/C(=C(\c1ccc(OC(C)=O)cc1)c1cccc(OC(C)=O)c1)c1cccc(OC(C)=O)c1. The number of benzene rings is 3. The molecule has 0 aliphatic rings. The van der Waals surface area contributed by atoms with E-state index >= 15 is 0 Å². The Morgan fingerprint density at radius 1 is 0.588 bits per heavy atom. The molecule has 3 aromatic carbocycles. The molecule has 6 heteroatoms. The first kappa shape index (κ1) is 24.5. The molecule has 0 radical (unpaired) electrons. The van der Waals surface area contributed by atoms with Gasteiger partial charge in [-0.05, 0) is 70.7 Å². The Morgan fingerprint density at radius 2 is 1.06 bits per heavy atom. The van der Waals surface area contributed by atoms with E-state index in [-0.39, 0.29) is 0 Å². The smallest absolute Gasteiger partial charge is 0.308 e. The van der Waals surface area contributed by atoms with E-state index in [2.05, 4.69) is 0 Å². The highest BCUT2D eigenvalue weighted by Gasteiger charge is 2.15. The highest BCUT2D eigenvalue weighted by molar-refractivity contribution is 5.99. The lowest BCUT2D eigenvalue weighted by atomic mass is 9.88. The zero-order valence-electron chi connectivity index (χ0n) is 19.6. The van der Waals surface area contributed by atoms with Crippen LogP contribution in [-0.4, -0.2) is 17.9 Å². The summed E-state index contributed by atoms with van der Waals surface area (Å²) >= 11 is 0. The Kier molecular flexibility index (Phi) is 7.98. The number of hydrogen-bond acceptors (Lipinski definition) is 6. The average molecular weight is 459 g/mol. The van der Waals surface area contributed by atoms with Crippen molar-refractivity contribution in [2.24, 2.45) is 0 Å². The van der Waals surface area contributed by atoms with Gasteiger partial charge in [0.05, 0.1) is 0 Å². The van der Waals surface area contributed by atoms with Crippen molar-refractivity contribution in [3.05, 3.63) is 89.5 Å². The monoisotopic (exact) mass is 458 g/mol. The maximum Gasteiger partial charge on any atom is 0.308 e. The second-order valence-electron chi connectivity index (χ2n) is 7.57. The van der Waals surface area contributed by atoms with Crippen LogP contribution >= 0.6 is 0 Å². The van der Waals surface area contributed by atoms with Crippen LogP contribution in [0.4, 0.5) is 0 Å². The first-order valence-electron chi connectivity index (χ1n) is 10.9. The third-order valence-corrected chi connectivity index (χ3v) is 4.89. The lowest BCUT2D eigenvalue weighted by Crippen LogP contribution is -2.03. The van der Waals surface area contributed by atoms with Crippen molar-refractivity contribution in [3.8, 4) is 17.2 Å². The molecule has 6 nitrogen and oxygen atoms in total. The standard InChI is InChI=1S/C28H26O6/c1-5-27(22-8-6-10-25(16-22)33-19(3)30)28(21-12-14-24(15-13-21)32-18(2)29)23-9-7-11-26(17-23)34-20(4)31/h6-17H,5H2,1-4H3/b28-27-. The number of ether oxygens (including phenoxy) is 3. The van der Waals surface area contributed by atoms with E-state index in [1.807, 2.05) is 55.5 Å². The van der Waals surface area contributed by atoms with E-state index in [0.717, 1.165) is 27.8 Å². The second-order valence-corrected chi connectivity index (χ2v) is 7.57. The van der Waals surface area contributed by atoms with Gasteiger partial charge in [-0.3, -0.25) is 14.4 Å². The number of allylic oxidation sites excluding steroid dienone is 1. The molecule has 0 unspecified atom stereocenters. The van der Waals surface area contributed by atoms with Crippen LogP contribution in [0.3, 0.4) is 0 Å². The van der Waals surface area contributed by atoms with Gasteiger partial charge >= 0.3 is 17.9 Å². The van der Waals surface area contributed by atoms with Crippen molar-refractivity contribution in [1.82, 2.24) is 0 Å². The summed E-state index contributed by atoms with van der Waals surface area (Å²) in [6.45, 7) is 6.11. The fourth-order valence-electron chi connectivity index (χ4n) is 3.69. The Balaban J connectivity index is 2.21. The summed E-state index contributed by atoms with van der Waals surface area (Å²) < 4.78 is 15.8. The second kappa shape index (κ2) is 11.1. The van der Waals surface area contributed by atoms with Gasteiger partial charge in [-0.25, -0.2) is 0 Å². The largest absolute Gasteiger partial charge is 0.427 e. The molecular formula is C28H26O6. The molecule has 3 aromatic rings. The molecule has 0 saturated carbocycles. The Morgan fingerprint density at radius 3 is 1.56 bits per heavy atom. The molecule has 0 aliphatic carbocycles. The van der Waals surface area contributed by atoms with Crippen molar-refractivity contribution < 1.29 is 28.6 Å². The Labute approximate surface area is 198 Å². The van der Waals surface area contributed by atoms with Crippen molar-refractivity contribution in [3.63, 3.8) is 0 Å². The summed E-state index contributed by atoms with van der Waals surface area (Å²) in [5, 5.41) is 0. The quantitative estimate of drug-likeness (QED) is 0.252. The highest BCUT2D eigenvalue weighted by Crippen LogP contribution is 2.37. The van der Waals surface area contributed by atoms with Crippen LogP contribution in [0.25, 0.3) is 11.1 Å². The fraction of sp³-hybridized carbons (Fsp3) is 0.179. The van der Waals surface area contributed by atoms with Crippen molar-refractivity contribution in [1.29, 1.82) is 0 Å². The first-order valence-corrected chi connectivity index (χ1v) is 10.9.